The number of hydrogen-bond acceptors (Lipinski definition) is 3. The molecule has 0 atom stereocenters. The lowest BCUT2D eigenvalue weighted by Crippen LogP contribution is -2.21. The van der Waals surface area contributed by atoms with E-state index in [1.54, 1.807) is 0 Å². The van der Waals surface area contributed by atoms with Crippen LogP contribution in [0.4, 0.5) is 0 Å². The highest BCUT2D eigenvalue weighted by molar-refractivity contribution is 5.78. The van der Waals surface area contributed by atoms with E-state index in [1.807, 2.05) is 36.8 Å². The minimum absolute atomic E-state index is 0.827. The molecule has 3 rings (SSSR count). The maximum Gasteiger partial charge on any atom is 0.0706 e. The Bertz CT molecular complexity index is 587. The van der Waals surface area contributed by atoms with E-state index < -0.39 is 0 Å². The van der Waals surface area contributed by atoms with Crippen LogP contribution in [0, 0.1) is 0 Å². The summed E-state index contributed by atoms with van der Waals surface area (Å²) in [5.41, 5.74) is 2.14. The predicted molar refractivity (Wildman–Crippen MR) is 69.8 cm³/mol. The highest BCUT2D eigenvalue weighted by atomic mass is 15.1. The van der Waals surface area contributed by atoms with Crippen LogP contribution in [0.1, 0.15) is 5.69 Å². The zero-order chi connectivity index (χ0) is 11.5. The Labute approximate surface area is 100 Å². The van der Waals surface area contributed by atoms with Gasteiger partial charge >= 0.3 is 0 Å². The first-order valence-corrected chi connectivity index (χ1v) is 5.69. The van der Waals surface area contributed by atoms with E-state index in [4.69, 9.17) is 0 Å². The average molecular weight is 223 g/mol. The fraction of sp³-hybridized carbons (Fsp3) is 0.143. The summed E-state index contributed by atoms with van der Waals surface area (Å²) in [6.45, 7) is 1.68. The maximum atomic E-state index is 4.65. The Morgan fingerprint density at radius 3 is 2.94 bits per heavy atom. The summed E-state index contributed by atoms with van der Waals surface area (Å²) in [7, 11) is 0. The van der Waals surface area contributed by atoms with Crippen molar-refractivity contribution in [2.75, 3.05) is 6.54 Å². The van der Waals surface area contributed by atoms with Crippen molar-refractivity contribution in [1.29, 1.82) is 0 Å². The van der Waals surface area contributed by atoms with Crippen LogP contribution in [-0.4, -0.2) is 22.6 Å². The van der Waals surface area contributed by atoms with E-state index in [-0.39, 0.29) is 0 Å². The van der Waals surface area contributed by atoms with Crippen molar-refractivity contribution in [3.05, 3.63) is 54.5 Å². The molecule has 0 spiro atoms. The van der Waals surface area contributed by atoms with E-state index in [9.17, 15) is 0 Å². The standard InChI is InChI=1S/C14H13N3/c1-2-4-14-12(3-1)5-6-13(16-14)11-17-9-7-15-8-10-17/h1-9H,10-11H2. The van der Waals surface area contributed by atoms with Gasteiger partial charge in [0.15, 0.2) is 0 Å². The lowest BCUT2D eigenvalue weighted by atomic mass is 10.2. The Hall–Kier alpha value is -2.16. The molecule has 0 bridgehead atoms. The summed E-state index contributed by atoms with van der Waals surface area (Å²) in [5, 5.41) is 1.19. The second-order valence-corrected chi connectivity index (χ2v) is 4.05. The lowest BCUT2D eigenvalue weighted by Gasteiger charge is -2.19. The van der Waals surface area contributed by atoms with E-state index in [1.165, 1.54) is 5.39 Å². The Balaban J connectivity index is 1.85. The van der Waals surface area contributed by atoms with Crippen molar-refractivity contribution >= 4 is 17.1 Å². The van der Waals surface area contributed by atoms with Crippen molar-refractivity contribution < 1.29 is 0 Å². The number of aromatic nitrogens is 1. The number of nitrogens with zero attached hydrogens (tertiary/aromatic N) is 3. The molecule has 1 aromatic carbocycles. The highest BCUT2D eigenvalue weighted by Gasteiger charge is 2.04. The fourth-order valence-electron chi connectivity index (χ4n) is 1.93. The largest absolute Gasteiger partial charge is 0.365 e. The molecular formula is C14H13N3. The van der Waals surface area contributed by atoms with Gasteiger partial charge in [-0.05, 0) is 12.1 Å². The normalized spacial score (nSPS) is 14.5. The van der Waals surface area contributed by atoms with Gasteiger partial charge in [0.2, 0.25) is 0 Å². The average Bonchev–Trinajstić information content (AvgIpc) is 2.40. The van der Waals surface area contributed by atoms with Gasteiger partial charge in [0.1, 0.15) is 0 Å². The third-order valence-corrected chi connectivity index (χ3v) is 2.81. The first kappa shape index (κ1) is 10.0. The third-order valence-electron chi connectivity index (χ3n) is 2.81. The molecule has 0 unspecified atom stereocenters. The molecule has 1 aliphatic rings. The molecule has 0 saturated carbocycles. The second-order valence-electron chi connectivity index (χ2n) is 4.05. The topological polar surface area (TPSA) is 28.5 Å². The van der Waals surface area contributed by atoms with Crippen LogP contribution in [0.25, 0.3) is 10.9 Å². The van der Waals surface area contributed by atoms with Crippen molar-refractivity contribution in [2.45, 2.75) is 6.54 Å². The number of benzene rings is 1. The first-order valence-electron chi connectivity index (χ1n) is 5.69. The summed E-state index contributed by atoms with van der Waals surface area (Å²) in [4.78, 5) is 10.9. The van der Waals surface area contributed by atoms with Gasteiger partial charge in [-0.1, -0.05) is 24.3 Å². The number of pyridine rings is 1. The molecule has 17 heavy (non-hydrogen) atoms. The van der Waals surface area contributed by atoms with Crippen LogP contribution < -0.4 is 0 Å². The molecule has 2 aromatic rings. The fourth-order valence-corrected chi connectivity index (χ4v) is 1.93. The SMILES string of the molecule is C1=CN(Cc2ccc3ccccc3n2)CC=N1. The minimum Gasteiger partial charge on any atom is -0.365 e. The molecule has 3 nitrogen and oxygen atoms in total. The van der Waals surface area contributed by atoms with Crippen LogP contribution >= 0.6 is 0 Å². The van der Waals surface area contributed by atoms with Crippen molar-refractivity contribution in [3.8, 4) is 0 Å². The molecular weight excluding hydrogens is 210 g/mol. The Morgan fingerprint density at radius 1 is 1.12 bits per heavy atom. The molecule has 2 heterocycles. The molecule has 3 heteroatoms. The molecule has 0 amide bonds. The Morgan fingerprint density at radius 2 is 2.06 bits per heavy atom. The Kier molecular flexibility index (Phi) is 2.58. The van der Waals surface area contributed by atoms with Crippen molar-refractivity contribution in [1.82, 2.24) is 9.88 Å². The van der Waals surface area contributed by atoms with Crippen molar-refractivity contribution in [3.63, 3.8) is 0 Å². The van der Waals surface area contributed by atoms with E-state index in [0.29, 0.717) is 0 Å². The van der Waals surface area contributed by atoms with Crippen LogP contribution in [-0.2, 0) is 6.54 Å². The van der Waals surface area contributed by atoms with Gasteiger partial charge in [-0.25, -0.2) is 0 Å². The molecule has 0 radical (unpaired) electrons. The van der Waals surface area contributed by atoms with E-state index in [2.05, 4.69) is 33.1 Å². The summed E-state index contributed by atoms with van der Waals surface area (Å²) in [5.74, 6) is 0. The number of rotatable bonds is 2. The second kappa shape index (κ2) is 4.37. The first-order chi connectivity index (χ1) is 8.42. The molecule has 0 saturated heterocycles. The molecule has 0 fully saturated rings. The summed E-state index contributed by atoms with van der Waals surface area (Å²) >= 11 is 0. The number of aliphatic imine (C=N–C) groups is 1. The van der Waals surface area contributed by atoms with Crippen LogP contribution in [0.3, 0.4) is 0 Å². The van der Waals surface area contributed by atoms with Crippen LogP contribution in [0.5, 0.6) is 0 Å². The predicted octanol–water partition coefficient (Wildman–Crippen LogP) is 2.59. The molecule has 84 valence electrons. The van der Waals surface area contributed by atoms with Gasteiger partial charge in [-0.2, -0.15) is 0 Å². The summed E-state index contributed by atoms with van der Waals surface area (Å²) in [6.07, 6.45) is 5.71. The van der Waals surface area contributed by atoms with Gasteiger partial charge in [-0.3, -0.25) is 9.98 Å². The quantitative estimate of drug-likeness (QED) is 0.783. The smallest absolute Gasteiger partial charge is 0.0706 e. The highest BCUT2D eigenvalue weighted by Crippen LogP contribution is 2.13. The molecule has 0 aliphatic carbocycles. The van der Waals surface area contributed by atoms with Crippen LogP contribution in [0.15, 0.2) is 53.8 Å². The van der Waals surface area contributed by atoms with E-state index >= 15 is 0 Å². The maximum absolute atomic E-state index is 4.65. The van der Waals surface area contributed by atoms with E-state index in [0.717, 1.165) is 24.3 Å². The molecule has 1 aliphatic heterocycles. The summed E-state index contributed by atoms with van der Waals surface area (Å²) < 4.78 is 0. The van der Waals surface area contributed by atoms with Gasteiger partial charge in [-0.15, -0.1) is 0 Å². The van der Waals surface area contributed by atoms with Crippen molar-refractivity contribution in [2.24, 2.45) is 4.99 Å². The monoisotopic (exact) mass is 223 g/mol. The number of fused-ring (bicyclic) bond motifs is 1. The van der Waals surface area contributed by atoms with Gasteiger partial charge in [0.25, 0.3) is 0 Å². The number of para-hydroxylation sites is 1. The third kappa shape index (κ3) is 2.18. The summed E-state index contributed by atoms with van der Waals surface area (Å²) in [6, 6.07) is 12.4. The van der Waals surface area contributed by atoms with Gasteiger partial charge in [0, 0.05) is 24.0 Å². The molecule has 0 N–H and O–H groups in total. The van der Waals surface area contributed by atoms with Gasteiger partial charge in [0.05, 0.1) is 24.3 Å². The zero-order valence-corrected chi connectivity index (χ0v) is 9.45. The van der Waals surface area contributed by atoms with Crippen LogP contribution in [0.2, 0.25) is 0 Å². The zero-order valence-electron chi connectivity index (χ0n) is 9.45. The van der Waals surface area contributed by atoms with Gasteiger partial charge < -0.3 is 4.90 Å². The minimum atomic E-state index is 0.827. The lowest BCUT2D eigenvalue weighted by molar-refractivity contribution is 0.413. The molecule has 1 aromatic heterocycles. The number of hydrogen-bond donors (Lipinski definition) is 0.